The summed E-state index contributed by atoms with van der Waals surface area (Å²) in [5.41, 5.74) is 2.70. The molecule has 9 nitrogen and oxygen atoms in total. The lowest BCUT2D eigenvalue weighted by molar-refractivity contribution is -0.138. The quantitative estimate of drug-likeness (QED) is 0.148. The molecule has 0 amide bonds. The van der Waals surface area contributed by atoms with Crippen LogP contribution in [0.1, 0.15) is 36.6 Å². The lowest BCUT2D eigenvalue weighted by atomic mass is 9.95. The summed E-state index contributed by atoms with van der Waals surface area (Å²) in [4.78, 5) is 43.9. The number of methoxy groups -OCH3 is 1. The largest absolute Gasteiger partial charge is 0.493 e. The third-order valence-electron chi connectivity index (χ3n) is 6.76. The number of thiazole rings is 1. The first-order chi connectivity index (χ1) is 21.3. The van der Waals surface area contributed by atoms with Gasteiger partial charge in [-0.25, -0.2) is 9.79 Å². The van der Waals surface area contributed by atoms with Gasteiger partial charge in [0, 0.05) is 6.92 Å². The zero-order chi connectivity index (χ0) is 31.2. The van der Waals surface area contributed by atoms with Gasteiger partial charge in [0.1, 0.15) is 19.0 Å². The fourth-order valence-electron chi connectivity index (χ4n) is 4.76. The van der Waals surface area contributed by atoms with Crippen LogP contribution < -0.4 is 29.1 Å². The minimum Gasteiger partial charge on any atom is -0.493 e. The Kier molecular flexibility index (Phi) is 9.20. The van der Waals surface area contributed by atoms with Crippen molar-refractivity contribution in [2.75, 3.05) is 13.7 Å². The van der Waals surface area contributed by atoms with Crippen molar-refractivity contribution >= 4 is 29.4 Å². The maximum absolute atomic E-state index is 13.9. The van der Waals surface area contributed by atoms with Crippen molar-refractivity contribution in [3.63, 3.8) is 0 Å². The van der Waals surface area contributed by atoms with Crippen molar-refractivity contribution in [3.05, 3.63) is 133 Å². The van der Waals surface area contributed by atoms with Crippen LogP contribution in [-0.2, 0) is 20.9 Å². The minimum atomic E-state index is -0.875. The van der Waals surface area contributed by atoms with Gasteiger partial charge in [-0.3, -0.25) is 14.2 Å². The van der Waals surface area contributed by atoms with Gasteiger partial charge in [-0.2, -0.15) is 0 Å². The molecule has 44 heavy (non-hydrogen) atoms. The highest BCUT2D eigenvalue weighted by Gasteiger charge is 2.34. The number of hydrogen-bond acceptors (Lipinski definition) is 9. The standard InChI is InChI=1S/C34H30N2O7S/c1-5-17-41-33(39)30-21(2)35-34-36(31(30)25-13-16-27(43-22(3)37)28(19-25)40-4)32(38)29(44-34)18-23-11-14-26(15-12-23)42-20-24-9-7-6-8-10-24/h5-16,18-19,31H,1,17,20H2,2-4H3/b29-18-. The van der Waals surface area contributed by atoms with E-state index in [4.69, 9.17) is 18.9 Å². The Morgan fingerprint density at radius 3 is 2.48 bits per heavy atom. The van der Waals surface area contributed by atoms with Crippen molar-refractivity contribution < 1.29 is 28.5 Å². The summed E-state index contributed by atoms with van der Waals surface area (Å²) in [5, 5.41) is 0. The maximum atomic E-state index is 13.9. The second-order valence-electron chi connectivity index (χ2n) is 9.82. The summed E-state index contributed by atoms with van der Waals surface area (Å²) in [6.45, 7) is 7.04. The summed E-state index contributed by atoms with van der Waals surface area (Å²) in [7, 11) is 1.44. The molecule has 10 heteroatoms. The van der Waals surface area contributed by atoms with Crippen molar-refractivity contribution in [2.24, 2.45) is 4.99 Å². The summed E-state index contributed by atoms with van der Waals surface area (Å²) >= 11 is 1.22. The zero-order valence-electron chi connectivity index (χ0n) is 24.4. The molecule has 5 rings (SSSR count). The molecule has 0 saturated carbocycles. The highest BCUT2D eigenvalue weighted by molar-refractivity contribution is 7.07. The third-order valence-corrected chi connectivity index (χ3v) is 7.74. The number of rotatable bonds is 10. The molecule has 0 radical (unpaired) electrons. The first-order valence-electron chi connectivity index (χ1n) is 13.7. The van der Waals surface area contributed by atoms with Gasteiger partial charge in [-0.05, 0) is 54.0 Å². The molecular weight excluding hydrogens is 580 g/mol. The fraction of sp³-hybridized carbons (Fsp3) is 0.176. The molecule has 1 atom stereocenters. The molecule has 0 bridgehead atoms. The van der Waals surface area contributed by atoms with Crippen LogP contribution in [0.25, 0.3) is 6.08 Å². The summed E-state index contributed by atoms with van der Waals surface area (Å²) < 4.78 is 23.9. The number of esters is 2. The summed E-state index contributed by atoms with van der Waals surface area (Å²) in [6.07, 6.45) is 3.24. The number of hydrogen-bond donors (Lipinski definition) is 0. The van der Waals surface area contributed by atoms with Gasteiger partial charge in [-0.15, -0.1) is 0 Å². The van der Waals surface area contributed by atoms with Crippen LogP contribution in [0.4, 0.5) is 0 Å². The van der Waals surface area contributed by atoms with Crippen LogP contribution in [0.2, 0.25) is 0 Å². The van der Waals surface area contributed by atoms with Crippen LogP contribution in [0.5, 0.6) is 17.2 Å². The van der Waals surface area contributed by atoms with E-state index in [1.165, 1.54) is 36.0 Å². The Morgan fingerprint density at radius 1 is 1.05 bits per heavy atom. The van der Waals surface area contributed by atoms with Gasteiger partial charge >= 0.3 is 11.9 Å². The van der Waals surface area contributed by atoms with Crippen molar-refractivity contribution in [2.45, 2.75) is 26.5 Å². The lowest BCUT2D eigenvalue weighted by Crippen LogP contribution is -2.40. The molecule has 0 fully saturated rings. The van der Waals surface area contributed by atoms with E-state index >= 15 is 0 Å². The average molecular weight is 611 g/mol. The number of fused-ring (bicyclic) bond motifs is 1. The van der Waals surface area contributed by atoms with Gasteiger partial charge in [0.05, 0.1) is 29.0 Å². The van der Waals surface area contributed by atoms with E-state index in [9.17, 15) is 14.4 Å². The Morgan fingerprint density at radius 2 is 1.80 bits per heavy atom. The number of nitrogens with zero attached hydrogens (tertiary/aromatic N) is 2. The molecule has 1 aliphatic rings. The first kappa shape index (κ1) is 30.2. The number of ether oxygens (including phenoxy) is 4. The van der Waals surface area contributed by atoms with Crippen LogP contribution >= 0.6 is 11.3 Å². The molecular formula is C34H30N2O7S. The Hall–Kier alpha value is -5.22. The van der Waals surface area contributed by atoms with E-state index in [-0.39, 0.29) is 29.2 Å². The monoisotopic (exact) mass is 610 g/mol. The predicted octanol–water partition coefficient (Wildman–Crippen LogP) is 4.48. The van der Waals surface area contributed by atoms with Gasteiger partial charge in [0.2, 0.25) is 0 Å². The second-order valence-corrected chi connectivity index (χ2v) is 10.8. The molecule has 1 aliphatic heterocycles. The molecule has 0 saturated heterocycles. The number of carbonyl (C=O) groups excluding carboxylic acids is 2. The molecule has 4 aromatic rings. The number of aromatic nitrogens is 1. The SMILES string of the molecule is C=CCOC(=O)C1=C(C)N=c2s/c(=C\c3ccc(OCc4ccccc4)cc3)c(=O)n2C1c1ccc(OC(C)=O)c(OC)c1. The lowest BCUT2D eigenvalue weighted by Gasteiger charge is -2.25. The Balaban J connectivity index is 1.54. The molecule has 224 valence electrons. The van der Waals surface area contributed by atoms with Crippen molar-refractivity contribution in [1.29, 1.82) is 0 Å². The summed E-state index contributed by atoms with van der Waals surface area (Å²) in [6, 6.07) is 21.3. The molecule has 0 N–H and O–H groups in total. The third kappa shape index (κ3) is 6.55. The smallest absolute Gasteiger partial charge is 0.338 e. The van der Waals surface area contributed by atoms with Crippen LogP contribution in [-0.4, -0.2) is 30.2 Å². The fourth-order valence-corrected chi connectivity index (χ4v) is 5.80. The second kappa shape index (κ2) is 13.4. The maximum Gasteiger partial charge on any atom is 0.338 e. The van der Waals surface area contributed by atoms with E-state index in [1.54, 1.807) is 31.2 Å². The van der Waals surface area contributed by atoms with Gasteiger partial charge in [0.25, 0.3) is 5.56 Å². The Labute approximate surface area is 257 Å². The van der Waals surface area contributed by atoms with Crippen molar-refractivity contribution in [3.8, 4) is 17.2 Å². The highest BCUT2D eigenvalue weighted by atomic mass is 32.1. The van der Waals surface area contributed by atoms with Crippen LogP contribution in [0.3, 0.4) is 0 Å². The highest BCUT2D eigenvalue weighted by Crippen LogP contribution is 2.36. The number of carbonyl (C=O) groups is 2. The Bertz CT molecular complexity index is 1920. The zero-order valence-corrected chi connectivity index (χ0v) is 25.3. The molecule has 1 unspecified atom stereocenters. The van der Waals surface area contributed by atoms with E-state index in [1.807, 2.05) is 54.6 Å². The van der Waals surface area contributed by atoms with Gasteiger partial charge in [0.15, 0.2) is 16.3 Å². The minimum absolute atomic E-state index is 0.00742. The molecule has 0 aliphatic carbocycles. The normalized spacial score (nSPS) is 14.3. The van der Waals surface area contributed by atoms with Crippen molar-refractivity contribution in [1.82, 2.24) is 4.57 Å². The average Bonchev–Trinajstić information content (AvgIpc) is 3.33. The number of allylic oxidation sites excluding steroid dienone is 1. The topological polar surface area (TPSA) is 105 Å². The number of benzene rings is 3. The van der Waals surface area contributed by atoms with E-state index < -0.39 is 18.0 Å². The first-order valence-corrected chi connectivity index (χ1v) is 14.5. The van der Waals surface area contributed by atoms with Crippen LogP contribution in [0, 0.1) is 0 Å². The molecule has 1 aromatic heterocycles. The molecule has 2 heterocycles. The predicted molar refractivity (Wildman–Crippen MR) is 166 cm³/mol. The van der Waals surface area contributed by atoms with E-state index in [0.717, 1.165) is 11.1 Å². The van der Waals surface area contributed by atoms with Gasteiger partial charge < -0.3 is 18.9 Å². The van der Waals surface area contributed by atoms with E-state index in [0.29, 0.717) is 33.0 Å². The van der Waals surface area contributed by atoms with Gasteiger partial charge in [-0.1, -0.05) is 72.5 Å². The molecule has 0 spiro atoms. The summed E-state index contributed by atoms with van der Waals surface area (Å²) in [5.74, 6) is 0.0485. The molecule has 3 aromatic carbocycles. The van der Waals surface area contributed by atoms with E-state index in [2.05, 4.69) is 11.6 Å². The van der Waals surface area contributed by atoms with Crippen LogP contribution in [0.15, 0.2) is 107 Å².